The van der Waals surface area contributed by atoms with E-state index in [1.165, 1.54) is 11.3 Å². The number of aliphatic carboxylic acids is 1. The molecule has 1 rings (SSSR count). The van der Waals surface area contributed by atoms with Crippen molar-refractivity contribution in [3.8, 4) is 0 Å². The third-order valence-electron chi connectivity index (χ3n) is 1.19. The zero-order valence-electron chi connectivity index (χ0n) is 5.95. The summed E-state index contributed by atoms with van der Waals surface area (Å²) in [6, 6.07) is 0. The Bertz CT molecular complexity index is 253. The number of hydrogen-bond donors (Lipinski definition) is 1. The molecule has 1 aromatic heterocycles. The molecule has 1 heterocycles. The number of aryl methyl sites for hydroxylation is 1. The average Bonchev–Trinajstić information content (AvgIpc) is 2.15. The van der Waals surface area contributed by atoms with Gasteiger partial charge in [0.05, 0.1) is 5.38 Å². The van der Waals surface area contributed by atoms with Crippen molar-refractivity contribution < 1.29 is 26.9 Å². The topological polar surface area (TPSA) is 41.2 Å². The number of halogens is 1. The maximum absolute atomic E-state index is 10.2. The summed E-state index contributed by atoms with van der Waals surface area (Å²) >= 11 is 1.51. The van der Waals surface area contributed by atoms with Gasteiger partial charge in [-0.25, -0.2) is 4.79 Å². The van der Waals surface area contributed by atoms with E-state index in [1.54, 1.807) is 10.1 Å². The van der Waals surface area contributed by atoms with Crippen molar-refractivity contribution in [3.63, 3.8) is 0 Å². The van der Waals surface area contributed by atoms with Crippen molar-refractivity contribution >= 4 is 46.9 Å². The van der Waals surface area contributed by atoms with E-state index in [0.717, 1.165) is 5.69 Å². The first-order valence-corrected chi connectivity index (χ1v) is 3.78. The van der Waals surface area contributed by atoms with E-state index < -0.39 is 5.97 Å². The molecule has 0 spiro atoms. The second kappa shape index (κ2) is 6.86. The third-order valence-corrected chi connectivity index (χ3v) is 2.04. The molecule has 0 aliphatic carbocycles. The monoisotopic (exact) mass is 217 g/mol. The van der Waals surface area contributed by atoms with Gasteiger partial charge in [-0.1, -0.05) is 11.3 Å². The fraction of sp³-hybridized carbons (Fsp3) is 0.333. The molecule has 0 saturated heterocycles. The summed E-state index contributed by atoms with van der Waals surface area (Å²) in [5, 5.41) is 10.3. The summed E-state index contributed by atoms with van der Waals surface area (Å²) in [7, 11) is 0. The van der Waals surface area contributed by atoms with Gasteiger partial charge in [-0.05, 0) is 0 Å². The van der Waals surface area contributed by atoms with Crippen LogP contribution in [0.2, 0.25) is 0 Å². The molecular formula is C6H9ClNNaO2S. The molecule has 0 saturated carbocycles. The Morgan fingerprint density at radius 3 is 2.67 bits per heavy atom. The Labute approximate surface area is 103 Å². The molecule has 1 N–H and O–H groups in total. The van der Waals surface area contributed by atoms with Crippen molar-refractivity contribution in [2.45, 2.75) is 13.5 Å². The summed E-state index contributed by atoms with van der Waals surface area (Å²) in [6.45, 7) is 1.95. The van der Waals surface area contributed by atoms with Gasteiger partial charge in [-0.15, -0.1) is 0 Å². The Hall–Kier alpha value is 0.390. The van der Waals surface area contributed by atoms with Crippen LogP contribution in [-0.2, 0) is 11.3 Å². The standard InChI is InChI=1S/C6H7NO2S.ClH.Na.H/c1-5-3-10-4-7(5)2-6(8)9;;;/h3-4H,2H2,1H3;1H;;. The predicted molar refractivity (Wildman–Crippen MR) is 44.0 cm³/mol. The van der Waals surface area contributed by atoms with Crippen molar-refractivity contribution in [1.82, 2.24) is 0 Å². The molecule has 0 bridgehead atoms. The number of rotatable bonds is 2. The molecule has 3 nitrogen and oxygen atoms in total. The molecule has 6 heteroatoms. The van der Waals surface area contributed by atoms with Crippen molar-refractivity contribution in [2.24, 2.45) is 0 Å². The van der Waals surface area contributed by atoms with Gasteiger partial charge in [0, 0.05) is 6.92 Å². The zero-order chi connectivity index (χ0) is 7.56. The molecule has 64 valence electrons. The number of carboxylic acids is 1. The molecular weight excluding hydrogens is 209 g/mol. The van der Waals surface area contributed by atoms with Crippen LogP contribution in [0.25, 0.3) is 0 Å². The normalized spacial score (nSPS) is 8.08. The minimum atomic E-state index is -0.800. The summed E-state index contributed by atoms with van der Waals surface area (Å²) in [5.41, 5.74) is 2.79. The van der Waals surface area contributed by atoms with Gasteiger partial charge in [-0.3, -0.25) is 0 Å². The summed E-state index contributed by atoms with van der Waals surface area (Å²) < 4.78 is 1.70. The van der Waals surface area contributed by atoms with E-state index in [1.807, 2.05) is 12.3 Å². The van der Waals surface area contributed by atoms with Gasteiger partial charge in [0.1, 0.15) is 0 Å². The first-order valence-electron chi connectivity index (χ1n) is 2.84. The Morgan fingerprint density at radius 2 is 2.33 bits per heavy atom. The molecule has 0 atom stereocenters. The van der Waals surface area contributed by atoms with Crippen LogP contribution in [0.15, 0.2) is 10.9 Å². The molecule has 0 aromatic carbocycles. The molecule has 1 aromatic rings. The molecule has 0 unspecified atom stereocenters. The zero-order valence-corrected chi connectivity index (χ0v) is 7.52. The third kappa shape index (κ3) is 4.42. The second-order valence-electron chi connectivity index (χ2n) is 2.02. The van der Waals surface area contributed by atoms with Gasteiger partial charge in [-0.2, -0.15) is 4.57 Å². The Morgan fingerprint density at radius 1 is 1.75 bits per heavy atom. The van der Waals surface area contributed by atoms with Crippen molar-refractivity contribution in [1.29, 1.82) is 0 Å². The van der Waals surface area contributed by atoms with Gasteiger partial charge in [0.25, 0.3) is 0 Å². The molecule has 0 radical (unpaired) electrons. The van der Waals surface area contributed by atoms with Gasteiger partial charge in [0.15, 0.2) is 5.69 Å². The quantitative estimate of drug-likeness (QED) is 0.419. The van der Waals surface area contributed by atoms with E-state index >= 15 is 0 Å². The van der Waals surface area contributed by atoms with Gasteiger partial charge in [0.2, 0.25) is 12.1 Å². The number of nitrogens with zero attached hydrogens (tertiary/aromatic N) is 1. The van der Waals surface area contributed by atoms with Crippen molar-refractivity contribution in [2.75, 3.05) is 0 Å². The predicted octanol–water partition coefficient (Wildman–Crippen LogP) is -3.22. The van der Waals surface area contributed by atoms with E-state index in [9.17, 15) is 4.79 Å². The minimum absolute atomic E-state index is 0. The SMILES string of the molecule is Cc1csc[n+]1CC(=O)O.[Cl-].[NaH]. The van der Waals surface area contributed by atoms with Crippen LogP contribution >= 0.6 is 11.3 Å². The van der Waals surface area contributed by atoms with Gasteiger partial charge < -0.3 is 17.5 Å². The molecule has 0 fully saturated rings. The van der Waals surface area contributed by atoms with Crippen LogP contribution in [0.5, 0.6) is 0 Å². The summed E-state index contributed by atoms with van der Waals surface area (Å²) in [4.78, 5) is 10.2. The van der Waals surface area contributed by atoms with Crippen LogP contribution in [0.4, 0.5) is 0 Å². The average molecular weight is 218 g/mol. The maximum atomic E-state index is 10.2. The summed E-state index contributed by atoms with van der Waals surface area (Å²) in [5.74, 6) is -0.800. The fourth-order valence-electron chi connectivity index (χ4n) is 0.661. The first-order chi connectivity index (χ1) is 4.70. The van der Waals surface area contributed by atoms with Crippen molar-refractivity contribution in [3.05, 3.63) is 16.6 Å². The number of thiazole rings is 1. The molecule has 0 aliphatic heterocycles. The van der Waals surface area contributed by atoms with Crippen LogP contribution in [-0.4, -0.2) is 40.6 Å². The van der Waals surface area contributed by atoms with Crippen LogP contribution in [0.3, 0.4) is 0 Å². The Kier molecular flexibility index (Phi) is 8.51. The van der Waals surface area contributed by atoms with Crippen LogP contribution < -0.4 is 17.0 Å². The van der Waals surface area contributed by atoms with E-state index in [2.05, 4.69) is 0 Å². The second-order valence-corrected chi connectivity index (χ2v) is 2.74. The molecule has 0 amide bonds. The first kappa shape index (κ1) is 14.9. The number of carboxylic acid groups (broad SMARTS) is 1. The summed E-state index contributed by atoms with van der Waals surface area (Å²) in [6.07, 6.45) is 0. The van der Waals surface area contributed by atoms with E-state index in [4.69, 9.17) is 5.11 Å². The number of carbonyl (C=O) groups is 1. The van der Waals surface area contributed by atoms with E-state index in [-0.39, 0.29) is 48.5 Å². The fourth-order valence-corrected chi connectivity index (χ4v) is 1.44. The van der Waals surface area contributed by atoms with Crippen LogP contribution in [0, 0.1) is 6.92 Å². The Balaban J connectivity index is 0. The number of hydrogen-bond acceptors (Lipinski definition) is 2. The van der Waals surface area contributed by atoms with Crippen LogP contribution in [0.1, 0.15) is 5.69 Å². The molecule has 0 aliphatic rings. The molecule has 12 heavy (non-hydrogen) atoms. The van der Waals surface area contributed by atoms with Gasteiger partial charge >= 0.3 is 35.5 Å². The van der Waals surface area contributed by atoms with E-state index in [0.29, 0.717) is 0 Å². The number of aromatic nitrogens is 1.